The number of hydrogen-bond donors (Lipinski definition) is 2. The predicted molar refractivity (Wildman–Crippen MR) is 142 cm³/mol. The lowest BCUT2D eigenvalue weighted by Gasteiger charge is -2.33. The SMILES string of the molecule is Cc1ccc(NC(=O)c2c(NC(=O)Cc3ccccc3)sc3c2CCC(C(C)(C)C)C3)cc1C. The van der Waals surface area contributed by atoms with Gasteiger partial charge in [0.1, 0.15) is 5.00 Å². The summed E-state index contributed by atoms with van der Waals surface area (Å²) in [5.41, 5.74) is 5.99. The van der Waals surface area contributed by atoms with Crippen molar-refractivity contribution in [3.8, 4) is 0 Å². The highest BCUT2D eigenvalue weighted by Crippen LogP contribution is 2.44. The zero-order valence-corrected chi connectivity index (χ0v) is 21.6. The largest absolute Gasteiger partial charge is 0.322 e. The molecule has 1 aromatic heterocycles. The van der Waals surface area contributed by atoms with Crippen LogP contribution in [0.3, 0.4) is 0 Å². The van der Waals surface area contributed by atoms with Crippen molar-refractivity contribution in [1.82, 2.24) is 0 Å². The smallest absolute Gasteiger partial charge is 0.258 e. The molecular formula is C29H34N2O2S. The molecule has 2 N–H and O–H groups in total. The summed E-state index contributed by atoms with van der Waals surface area (Å²) in [6.07, 6.45) is 3.14. The van der Waals surface area contributed by atoms with Gasteiger partial charge in [0.25, 0.3) is 5.91 Å². The van der Waals surface area contributed by atoms with E-state index >= 15 is 0 Å². The number of amides is 2. The quantitative estimate of drug-likeness (QED) is 0.420. The van der Waals surface area contributed by atoms with Crippen molar-refractivity contribution >= 4 is 33.8 Å². The summed E-state index contributed by atoms with van der Waals surface area (Å²) in [7, 11) is 0. The monoisotopic (exact) mass is 474 g/mol. The molecule has 0 saturated heterocycles. The highest BCUT2D eigenvalue weighted by atomic mass is 32.1. The first kappa shape index (κ1) is 24.2. The first-order valence-electron chi connectivity index (χ1n) is 12.0. The van der Waals surface area contributed by atoms with E-state index in [1.54, 1.807) is 11.3 Å². The van der Waals surface area contributed by atoms with Gasteiger partial charge in [-0.25, -0.2) is 0 Å². The molecule has 0 fully saturated rings. The number of benzene rings is 2. The van der Waals surface area contributed by atoms with Crippen LogP contribution in [0.2, 0.25) is 0 Å². The summed E-state index contributed by atoms with van der Waals surface area (Å²) in [6.45, 7) is 11.0. The molecule has 2 aromatic carbocycles. The summed E-state index contributed by atoms with van der Waals surface area (Å²) in [5, 5.41) is 6.83. The third-order valence-corrected chi connectivity index (χ3v) is 8.11. The number of fused-ring (bicyclic) bond motifs is 1. The number of carbonyl (C=O) groups is 2. The second kappa shape index (κ2) is 9.75. The summed E-state index contributed by atoms with van der Waals surface area (Å²) >= 11 is 1.57. The Balaban J connectivity index is 1.64. The van der Waals surface area contributed by atoms with E-state index in [4.69, 9.17) is 0 Å². The van der Waals surface area contributed by atoms with Crippen molar-refractivity contribution in [1.29, 1.82) is 0 Å². The Bertz CT molecular complexity index is 1200. The lowest BCUT2D eigenvalue weighted by Crippen LogP contribution is -2.27. The van der Waals surface area contributed by atoms with E-state index in [9.17, 15) is 9.59 Å². The highest BCUT2D eigenvalue weighted by molar-refractivity contribution is 7.17. The molecule has 0 aliphatic heterocycles. The predicted octanol–water partition coefficient (Wildman–Crippen LogP) is 6.95. The van der Waals surface area contributed by atoms with Gasteiger partial charge >= 0.3 is 0 Å². The molecule has 178 valence electrons. The van der Waals surface area contributed by atoms with Crippen LogP contribution < -0.4 is 10.6 Å². The molecule has 1 aliphatic rings. The highest BCUT2D eigenvalue weighted by Gasteiger charge is 2.34. The zero-order chi connectivity index (χ0) is 24.5. The Kier molecular flexibility index (Phi) is 6.94. The number of rotatable bonds is 5. The zero-order valence-electron chi connectivity index (χ0n) is 20.7. The van der Waals surface area contributed by atoms with E-state index in [1.165, 1.54) is 10.4 Å². The van der Waals surface area contributed by atoms with Crippen LogP contribution in [0.4, 0.5) is 10.7 Å². The summed E-state index contributed by atoms with van der Waals surface area (Å²) in [5.74, 6) is 0.310. The molecule has 5 heteroatoms. The number of thiophene rings is 1. The molecule has 4 rings (SSSR count). The number of aryl methyl sites for hydroxylation is 2. The molecule has 1 atom stereocenters. The summed E-state index contributed by atoms with van der Waals surface area (Å²) in [6, 6.07) is 15.6. The first-order valence-corrected chi connectivity index (χ1v) is 12.8. The van der Waals surface area contributed by atoms with Gasteiger partial charge in [-0.3, -0.25) is 9.59 Å². The van der Waals surface area contributed by atoms with Gasteiger partial charge in [-0.15, -0.1) is 11.3 Å². The van der Waals surface area contributed by atoms with Crippen molar-refractivity contribution in [3.05, 3.63) is 81.2 Å². The molecule has 3 aromatic rings. The fourth-order valence-corrected chi connectivity index (χ4v) is 5.96. The first-order chi connectivity index (χ1) is 16.1. The normalized spacial score (nSPS) is 15.5. The third-order valence-electron chi connectivity index (χ3n) is 6.94. The Morgan fingerprint density at radius 1 is 1.00 bits per heavy atom. The van der Waals surface area contributed by atoms with E-state index in [-0.39, 0.29) is 23.7 Å². The van der Waals surface area contributed by atoms with E-state index in [1.807, 2.05) is 55.5 Å². The Labute approximate surface area is 206 Å². The second-order valence-corrected chi connectivity index (χ2v) is 11.6. The van der Waals surface area contributed by atoms with E-state index in [2.05, 4.69) is 38.3 Å². The van der Waals surface area contributed by atoms with Crippen LogP contribution >= 0.6 is 11.3 Å². The Morgan fingerprint density at radius 3 is 2.41 bits per heavy atom. The van der Waals surface area contributed by atoms with Gasteiger partial charge < -0.3 is 10.6 Å². The lowest BCUT2D eigenvalue weighted by molar-refractivity contribution is -0.115. The molecule has 1 unspecified atom stereocenters. The standard InChI is InChI=1S/C29H34N2O2S/c1-18-11-13-22(15-19(18)2)30-27(33)26-23-14-12-21(29(3,4)5)17-24(23)34-28(26)31-25(32)16-20-9-7-6-8-10-20/h6-11,13,15,21H,12,14,16-17H2,1-5H3,(H,30,33)(H,31,32). The van der Waals surface area contributed by atoms with Crippen molar-refractivity contribution < 1.29 is 9.59 Å². The van der Waals surface area contributed by atoms with Gasteiger partial charge in [0.05, 0.1) is 12.0 Å². The van der Waals surface area contributed by atoms with Crippen molar-refractivity contribution in [2.24, 2.45) is 11.3 Å². The van der Waals surface area contributed by atoms with Gasteiger partial charge in [0.2, 0.25) is 5.91 Å². The molecule has 0 saturated carbocycles. The maximum absolute atomic E-state index is 13.5. The molecule has 0 bridgehead atoms. The van der Waals surface area contributed by atoms with E-state index in [0.29, 0.717) is 16.5 Å². The van der Waals surface area contributed by atoms with Crippen LogP contribution in [0.25, 0.3) is 0 Å². The maximum Gasteiger partial charge on any atom is 0.258 e. The minimum absolute atomic E-state index is 0.0996. The summed E-state index contributed by atoms with van der Waals surface area (Å²) in [4.78, 5) is 27.7. The summed E-state index contributed by atoms with van der Waals surface area (Å²) < 4.78 is 0. The van der Waals surface area contributed by atoms with Gasteiger partial charge in [-0.2, -0.15) is 0 Å². The third kappa shape index (κ3) is 5.41. The Hall–Kier alpha value is -2.92. The fourth-order valence-electron chi connectivity index (χ4n) is 4.62. The maximum atomic E-state index is 13.5. The van der Waals surface area contributed by atoms with Gasteiger partial charge in [0, 0.05) is 10.6 Å². The van der Waals surface area contributed by atoms with Crippen LogP contribution in [0.5, 0.6) is 0 Å². The van der Waals surface area contributed by atoms with Gasteiger partial charge in [-0.05, 0) is 78.8 Å². The molecule has 0 spiro atoms. The van der Waals surface area contributed by atoms with E-state index < -0.39 is 0 Å². The number of carbonyl (C=O) groups excluding carboxylic acids is 2. The average Bonchev–Trinajstić information content (AvgIpc) is 3.13. The number of anilines is 2. The van der Waals surface area contributed by atoms with Crippen LogP contribution in [-0.4, -0.2) is 11.8 Å². The van der Waals surface area contributed by atoms with Crippen LogP contribution in [-0.2, 0) is 24.1 Å². The topological polar surface area (TPSA) is 58.2 Å². The van der Waals surface area contributed by atoms with Crippen molar-refractivity contribution in [3.63, 3.8) is 0 Å². The minimum atomic E-state index is -0.148. The average molecular weight is 475 g/mol. The van der Waals surface area contributed by atoms with Crippen molar-refractivity contribution in [2.75, 3.05) is 10.6 Å². The second-order valence-electron chi connectivity index (χ2n) is 10.5. The molecule has 34 heavy (non-hydrogen) atoms. The van der Waals surface area contributed by atoms with Crippen molar-refractivity contribution in [2.45, 2.75) is 60.3 Å². The van der Waals surface area contributed by atoms with E-state index in [0.717, 1.165) is 41.6 Å². The molecule has 1 aliphatic carbocycles. The minimum Gasteiger partial charge on any atom is -0.322 e. The van der Waals surface area contributed by atoms with Gasteiger partial charge in [-0.1, -0.05) is 57.2 Å². The van der Waals surface area contributed by atoms with Gasteiger partial charge in [0.15, 0.2) is 0 Å². The Morgan fingerprint density at radius 2 is 1.74 bits per heavy atom. The molecular weight excluding hydrogens is 440 g/mol. The lowest BCUT2D eigenvalue weighted by atomic mass is 9.72. The molecule has 4 nitrogen and oxygen atoms in total. The number of nitrogens with one attached hydrogen (secondary N) is 2. The number of hydrogen-bond acceptors (Lipinski definition) is 3. The molecule has 0 radical (unpaired) electrons. The van der Waals surface area contributed by atoms with Crippen LogP contribution in [0.15, 0.2) is 48.5 Å². The van der Waals surface area contributed by atoms with Crippen LogP contribution in [0, 0.1) is 25.2 Å². The fraction of sp³-hybridized carbons (Fsp3) is 0.379. The molecule has 2 amide bonds. The van der Waals surface area contributed by atoms with Crippen LogP contribution in [0.1, 0.15) is 64.7 Å². The molecule has 1 heterocycles.